The second kappa shape index (κ2) is 5.88. The van der Waals surface area contributed by atoms with E-state index in [-0.39, 0.29) is 23.0 Å². The summed E-state index contributed by atoms with van der Waals surface area (Å²) in [5.74, 6) is 0.203. The van der Waals surface area contributed by atoms with Crippen LogP contribution in [0.1, 0.15) is 5.56 Å². The van der Waals surface area contributed by atoms with Crippen molar-refractivity contribution in [3.05, 3.63) is 68.3 Å². The smallest absolute Gasteiger partial charge is 0.289 e. The molecule has 0 radical (unpaired) electrons. The van der Waals surface area contributed by atoms with Gasteiger partial charge >= 0.3 is 0 Å². The minimum atomic E-state index is -0.723. The molecule has 0 aliphatic carbocycles. The first-order valence-electron chi connectivity index (χ1n) is 6.79. The van der Waals surface area contributed by atoms with E-state index in [1.54, 1.807) is 6.07 Å². The predicted molar refractivity (Wildman–Crippen MR) is 83.2 cm³/mol. The van der Waals surface area contributed by atoms with E-state index >= 15 is 0 Å². The lowest BCUT2D eigenvalue weighted by molar-refractivity contribution is -0.393. The van der Waals surface area contributed by atoms with Gasteiger partial charge in [0.2, 0.25) is 5.82 Å². The number of aromatic nitrogens is 2. The van der Waals surface area contributed by atoms with Gasteiger partial charge in [-0.05, 0) is 19.1 Å². The first kappa shape index (κ1) is 15.3. The van der Waals surface area contributed by atoms with Crippen LogP contribution in [0, 0.1) is 27.2 Å². The monoisotopic (exact) mass is 326 g/mol. The van der Waals surface area contributed by atoms with Gasteiger partial charge in [0.1, 0.15) is 5.56 Å². The summed E-state index contributed by atoms with van der Waals surface area (Å²) in [6, 6.07) is 10.6. The highest BCUT2D eigenvalue weighted by atomic mass is 16.6. The molecule has 0 atom stereocenters. The molecule has 0 amide bonds. The number of non-ortho nitro benzene ring substituents is 1. The van der Waals surface area contributed by atoms with Crippen molar-refractivity contribution in [3.63, 3.8) is 0 Å². The van der Waals surface area contributed by atoms with Gasteiger partial charge in [-0.3, -0.25) is 20.2 Å². The Balaban J connectivity index is 2.07. The van der Waals surface area contributed by atoms with Gasteiger partial charge in [-0.15, -0.1) is 0 Å². The summed E-state index contributed by atoms with van der Waals surface area (Å²) < 4.78 is 5.10. The van der Waals surface area contributed by atoms with Crippen LogP contribution in [0.4, 0.5) is 11.4 Å². The number of nitro benzene ring substituents is 2. The van der Waals surface area contributed by atoms with Crippen molar-refractivity contribution in [2.75, 3.05) is 0 Å². The number of aryl methyl sites for hydroxylation is 1. The Bertz CT molecular complexity index is 951. The van der Waals surface area contributed by atoms with Crippen LogP contribution >= 0.6 is 0 Å². The van der Waals surface area contributed by atoms with E-state index in [9.17, 15) is 20.2 Å². The maximum Gasteiger partial charge on any atom is 0.289 e. The van der Waals surface area contributed by atoms with Crippen molar-refractivity contribution in [1.82, 2.24) is 10.1 Å². The number of nitrogens with zero attached hydrogens (tertiary/aromatic N) is 4. The van der Waals surface area contributed by atoms with Crippen molar-refractivity contribution < 1.29 is 14.4 Å². The molecule has 0 saturated carbocycles. The first-order chi connectivity index (χ1) is 11.5. The summed E-state index contributed by atoms with van der Waals surface area (Å²) in [5, 5.41) is 25.8. The number of benzene rings is 2. The summed E-state index contributed by atoms with van der Waals surface area (Å²) in [5.41, 5.74) is 0.874. The van der Waals surface area contributed by atoms with Crippen molar-refractivity contribution in [1.29, 1.82) is 0 Å². The van der Waals surface area contributed by atoms with Gasteiger partial charge in [-0.1, -0.05) is 28.9 Å². The van der Waals surface area contributed by atoms with Crippen LogP contribution in [-0.4, -0.2) is 20.0 Å². The maximum absolute atomic E-state index is 11.2. The molecule has 0 fully saturated rings. The molecule has 0 spiro atoms. The zero-order chi connectivity index (χ0) is 17.3. The van der Waals surface area contributed by atoms with E-state index in [0.29, 0.717) is 5.56 Å². The van der Waals surface area contributed by atoms with Gasteiger partial charge in [-0.25, -0.2) is 0 Å². The van der Waals surface area contributed by atoms with Crippen LogP contribution in [0.2, 0.25) is 0 Å². The molecule has 24 heavy (non-hydrogen) atoms. The molecule has 0 aliphatic heterocycles. The number of hydrogen-bond donors (Lipinski definition) is 0. The lowest BCUT2D eigenvalue weighted by atomic mass is 10.1. The molecule has 9 heteroatoms. The Hall–Kier alpha value is -3.62. The number of hydrogen-bond acceptors (Lipinski definition) is 7. The predicted octanol–water partition coefficient (Wildman–Crippen LogP) is 3.53. The standard InChI is InChI=1S/C15H10N4O5/c1-9-3-2-4-10(7-9)14-16-15(24-17-14)12-6-5-11(18(20)21)8-13(12)19(22)23/h2-8H,1H3. The molecule has 0 bridgehead atoms. The molecule has 1 aromatic heterocycles. The van der Waals surface area contributed by atoms with Gasteiger partial charge in [0.25, 0.3) is 17.3 Å². The summed E-state index contributed by atoms with van der Waals surface area (Å²) >= 11 is 0. The maximum atomic E-state index is 11.2. The fourth-order valence-corrected chi connectivity index (χ4v) is 2.20. The zero-order valence-electron chi connectivity index (χ0n) is 12.4. The molecule has 2 aromatic carbocycles. The normalized spacial score (nSPS) is 10.5. The summed E-state index contributed by atoms with van der Waals surface area (Å²) in [6.45, 7) is 1.91. The topological polar surface area (TPSA) is 125 Å². The fraction of sp³-hybridized carbons (Fsp3) is 0.0667. The van der Waals surface area contributed by atoms with Crippen LogP contribution in [0.15, 0.2) is 47.0 Å². The van der Waals surface area contributed by atoms with Crippen LogP contribution < -0.4 is 0 Å². The zero-order valence-corrected chi connectivity index (χ0v) is 12.4. The molecule has 3 aromatic rings. The molecule has 1 heterocycles. The van der Waals surface area contributed by atoms with Crippen molar-refractivity contribution >= 4 is 11.4 Å². The van der Waals surface area contributed by atoms with E-state index in [2.05, 4.69) is 10.1 Å². The van der Waals surface area contributed by atoms with Crippen molar-refractivity contribution in [2.45, 2.75) is 6.92 Å². The van der Waals surface area contributed by atoms with E-state index in [0.717, 1.165) is 17.7 Å². The quantitative estimate of drug-likeness (QED) is 0.530. The van der Waals surface area contributed by atoms with Crippen LogP contribution in [0.25, 0.3) is 22.8 Å². The molecule has 0 saturated heterocycles. The highest BCUT2D eigenvalue weighted by Gasteiger charge is 2.24. The van der Waals surface area contributed by atoms with Gasteiger partial charge < -0.3 is 4.52 Å². The highest BCUT2D eigenvalue weighted by Crippen LogP contribution is 2.33. The Kier molecular flexibility index (Phi) is 3.74. The summed E-state index contributed by atoms with van der Waals surface area (Å²) in [6.07, 6.45) is 0. The summed E-state index contributed by atoms with van der Waals surface area (Å²) in [4.78, 5) is 24.7. The fourth-order valence-electron chi connectivity index (χ4n) is 2.20. The molecule has 0 N–H and O–H groups in total. The Morgan fingerprint density at radius 1 is 1.04 bits per heavy atom. The summed E-state index contributed by atoms with van der Waals surface area (Å²) in [7, 11) is 0. The lowest BCUT2D eigenvalue weighted by Crippen LogP contribution is -1.95. The Morgan fingerprint density at radius 2 is 1.83 bits per heavy atom. The van der Waals surface area contributed by atoms with Gasteiger partial charge in [0, 0.05) is 11.6 Å². The molecule has 3 rings (SSSR count). The first-order valence-corrected chi connectivity index (χ1v) is 6.79. The van der Waals surface area contributed by atoms with Gasteiger partial charge in [0.15, 0.2) is 0 Å². The van der Waals surface area contributed by atoms with Crippen LogP contribution in [0.3, 0.4) is 0 Å². The number of nitro groups is 2. The third kappa shape index (κ3) is 2.82. The van der Waals surface area contributed by atoms with E-state index in [4.69, 9.17) is 4.52 Å². The lowest BCUT2D eigenvalue weighted by Gasteiger charge is -1.98. The van der Waals surface area contributed by atoms with Crippen LogP contribution in [0.5, 0.6) is 0 Å². The molecule has 120 valence electrons. The Morgan fingerprint density at radius 3 is 2.50 bits per heavy atom. The second-order valence-corrected chi connectivity index (χ2v) is 5.01. The molecule has 9 nitrogen and oxygen atoms in total. The molecular formula is C15H10N4O5. The second-order valence-electron chi connectivity index (χ2n) is 5.01. The minimum Gasteiger partial charge on any atom is -0.333 e. The van der Waals surface area contributed by atoms with Crippen molar-refractivity contribution in [3.8, 4) is 22.8 Å². The third-order valence-corrected chi connectivity index (χ3v) is 3.32. The molecule has 0 unspecified atom stereocenters. The molecular weight excluding hydrogens is 316 g/mol. The van der Waals surface area contributed by atoms with Gasteiger partial charge in [0.05, 0.1) is 15.9 Å². The van der Waals surface area contributed by atoms with E-state index in [1.807, 2.05) is 25.1 Å². The average Bonchev–Trinajstić information content (AvgIpc) is 3.04. The largest absolute Gasteiger partial charge is 0.333 e. The van der Waals surface area contributed by atoms with Crippen molar-refractivity contribution in [2.24, 2.45) is 0 Å². The minimum absolute atomic E-state index is 0.0250. The van der Waals surface area contributed by atoms with Crippen LogP contribution in [-0.2, 0) is 0 Å². The van der Waals surface area contributed by atoms with E-state index in [1.165, 1.54) is 6.07 Å². The number of rotatable bonds is 4. The molecule has 0 aliphatic rings. The average molecular weight is 326 g/mol. The Labute approximate surface area is 134 Å². The third-order valence-electron chi connectivity index (χ3n) is 3.32. The van der Waals surface area contributed by atoms with E-state index < -0.39 is 15.5 Å². The van der Waals surface area contributed by atoms with Gasteiger partial charge in [-0.2, -0.15) is 4.98 Å². The SMILES string of the molecule is Cc1cccc(-c2noc(-c3ccc([N+](=O)[O-])cc3[N+](=O)[O-])n2)c1. The highest BCUT2D eigenvalue weighted by molar-refractivity contribution is 5.70.